The molecule has 4 heteroatoms. The minimum atomic E-state index is -0.514. The summed E-state index contributed by atoms with van der Waals surface area (Å²) in [4.78, 5) is 22.1. The third-order valence-electron chi connectivity index (χ3n) is 3.25. The molecule has 19 heavy (non-hydrogen) atoms. The van der Waals surface area contributed by atoms with Crippen LogP contribution in [-0.4, -0.2) is 11.8 Å². The molecule has 0 atom stereocenters. The third kappa shape index (κ3) is 11.5. The summed E-state index contributed by atoms with van der Waals surface area (Å²) in [7, 11) is 0. The molecule has 0 rings (SSSR count). The van der Waals surface area contributed by atoms with Crippen LogP contribution in [0.4, 0.5) is 0 Å². The van der Waals surface area contributed by atoms with E-state index in [2.05, 4.69) is 26.1 Å². The molecule has 110 valence electrons. The summed E-state index contributed by atoms with van der Waals surface area (Å²) >= 11 is 0. The number of carbonyl (C=O) groups excluding carboxylic acids is 2. The van der Waals surface area contributed by atoms with E-state index in [9.17, 15) is 9.59 Å². The number of hydrogen-bond acceptors (Lipinski definition) is 3. The van der Waals surface area contributed by atoms with Crippen LogP contribution in [0.1, 0.15) is 66.7 Å². The number of nitrogens with zero attached hydrogens (tertiary/aromatic N) is 1. The fourth-order valence-electron chi connectivity index (χ4n) is 1.30. The average Bonchev–Trinajstić information content (AvgIpc) is 2.40. The normalized spacial score (nSPS) is 9.58. The number of imide groups is 1. The predicted octanol–water partition coefficient (Wildman–Crippen LogP) is 3.42. The molecular weight excluding hydrogens is 240 g/mol. The Morgan fingerprint density at radius 2 is 1.53 bits per heavy atom. The van der Waals surface area contributed by atoms with Gasteiger partial charge in [-0.3, -0.25) is 14.9 Å². The fraction of sp³-hybridized carbons (Fsp3) is 0.800. The summed E-state index contributed by atoms with van der Waals surface area (Å²) in [6.45, 7) is 10.5. The number of amides is 2. The van der Waals surface area contributed by atoms with E-state index >= 15 is 0 Å². The van der Waals surface area contributed by atoms with E-state index in [1.807, 2.05) is 13.8 Å². The molecule has 0 radical (unpaired) electrons. The molecule has 0 bridgehead atoms. The highest BCUT2D eigenvalue weighted by Gasteiger charge is 2.16. The molecule has 0 unspecified atom stereocenters. The second-order valence-corrected chi connectivity index (χ2v) is 4.68. The van der Waals surface area contributed by atoms with Crippen LogP contribution < -0.4 is 5.32 Å². The summed E-state index contributed by atoms with van der Waals surface area (Å²) in [6.07, 6.45) is 3.82. The van der Waals surface area contributed by atoms with E-state index < -0.39 is 5.91 Å². The van der Waals surface area contributed by atoms with Crippen LogP contribution in [-0.2, 0) is 9.59 Å². The smallest absolute Gasteiger partial charge is 0.240 e. The first-order valence-electron chi connectivity index (χ1n) is 7.17. The molecule has 0 spiro atoms. The molecule has 2 amide bonds. The van der Waals surface area contributed by atoms with Crippen molar-refractivity contribution in [3.05, 3.63) is 0 Å². The molecule has 0 heterocycles. The molecule has 1 N–H and O–H groups in total. The van der Waals surface area contributed by atoms with Gasteiger partial charge in [0.2, 0.25) is 11.8 Å². The number of nitrogens with one attached hydrogen (secondary N) is 1. The van der Waals surface area contributed by atoms with E-state index in [1.165, 1.54) is 12.8 Å². The van der Waals surface area contributed by atoms with Crippen molar-refractivity contribution in [2.75, 3.05) is 0 Å². The quantitative estimate of drug-likeness (QED) is 0.802. The first kappa shape index (κ1) is 20.0. The molecule has 0 aliphatic carbocycles. The highest BCUT2D eigenvalue weighted by Crippen LogP contribution is 2.06. The first-order valence-corrected chi connectivity index (χ1v) is 7.17. The summed E-state index contributed by atoms with van der Waals surface area (Å²) in [5.41, 5.74) is 0. The van der Waals surface area contributed by atoms with Crippen LogP contribution >= 0.6 is 0 Å². The maximum absolute atomic E-state index is 11.2. The maximum atomic E-state index is 11.2. The second kappa shape index (κ2) is 13.1. The molecule has 0 saturated carbocycles. The molecular formula is C15H28N2O2. The topological polar surface area (TPSA) is 70.0 Å². The molecule has 4 nitrogen and oxygen atoms in total. The molecule has 0 fully saturated rings. The number of nitriles is 1. The standard InChI is InChI=1S/C9H14N2O2.C6H14/c1-3-7(4-2)9(13)11-8(12)5-6-10;1-4-6(3)5-2/h7H,3-5H2,1-2H3,(H,11,12,13);6H,4-5H2,1-3H3. The Balaban J connectivity index is 0. The van der Waals surface area contributed by atoms with Crippen molar-refractivity contribution >= 4 is 11.8 Å². The van der Waals surface area contributed by atoms with E-state index in [4.69, 9.17) is 5.26 Å². The van der Waals surface area contributed by atoms with Gasteiger partial charge in [0.05, 0.1) is 6.07 Å². The van der Waals surface area contributed by atoms with Gasteiger partial charge in [-0.2, -0.15) is 5.26 Å². The number of hydrogen-bond donors (Lipinski definition) is 1. The van der Waals surface area contributed by atoms with Gasteiger partial charge in [0.25, 0.3) is 0 Å². The molecule has 0 saturated heterocycles. The van der Waals surface area contributed by atoms with Gasteiger partial charge in [0, 0.05) is 5.92 Å². The Morgan fingerprint density at radius 3 is 1.79 bits per heavy atom. The van der Waals surface area contributed by atoms with Gasteiger partial charge < -0.3 is 0 Å². The SMILES string of the molecule is CCC(C)CC.CCC(CC)C(=O)NC(=O)CC#N. The molecule has 0 aromatic heterocycles. The van der Waals surface area contributed by atoms with Crippen LogP contribution in [0.2, 0.25) is 0 Å². The summed E-state index contributed by atoms with van der Waals surface area (Å²) in [6, 6.07) is 1.68. The van der Waals surface area contributed by atoms with Gasteiger partial charge in [0.15, 0.2) is 0 Å². The fourth-order valence-corrected chi connectivity index (χ4v) is 1.30. The van der Waals surface area contributed by atoms with Gasteiger partial charge in [-0.1, -0.05) is 47.5 Å². The van der Waals surface area contributed by atoms with Gasteiger partial charge in [-0.25, -0.2) is 0 Å². The Hall–Kier alpha value is -1.37. The Kier molecular flexibility index (Phi) is 13.7. The van der Waals surface area contributed by atoms with Crippen molar-refractivity contribution < 1.29 is 9.59 Å². The molecule has 0 aromatic rings. The summed E-state index contributed by atoms with van der Waals surface area (Å²) in [5.74, 6) is 0.0253. The van der Waals surface area contributed by atoms with E-state index in [-0.39, 0.29) is 18.2 Å². The Labute approximate surface area is 117 Å². The largest absolute Gasteiger partial charge is 0.295 e. The van der Waals surface area contributed by atoms with Gasteiger partial charge in [-0.05, 0) is 18.8 Å². The molecule has 0 aliphatic rings. The summed E-state index contributed by atoms with van der Waals surface area (Å²) in [5, 5.41) is 10.4. The lowest BCUT2D eigenvalue weighted by Crippen LogP contribution is -2.34. The van der Waals surface area contributed by atoms with Crippen molar-refractivity contribution in [1.82, 2.24) is 5.32 Å². The zero-order valence-electron chi connectivity index (χ0n) is 13.0. The molecule has 0 aliphatic heterocycles. The highest BCUT2D eigenvalue weighted by molar-refractivity contribution is 5.96. The summed E-state index contributed by atoms with van der Waals surface area (Å²) < 4.78 is 0. The van der Waals surface area contributed by atoms with Gasteiger partial charge >= 0.3 is 0 Å². The zero-order chi connectivity index (χ0) is 15.3. The minimum Gasteiger partial charge on any atom is -0.295 e. The van der Waals surface area contributed by atoms with Crippen LogP contribution in [0, 0.1) is 23.2 Å². The Morgan fingerprint density at radius 1 is 1.05 bits per heavy atom. The second-order valence-electron chi connectivity index (χ2n) is 4.68. The monoisotopic (exact) mass is 268 g/mol. The highest BCUT2D eigenvalue weighted by atomic mass is 16.2. The lowest BCUT2D eigenvalue weighted by Gasteiger charge is -2.10. The number of carbonyl (C=O) groups is 2. The minimum absolute atomic E-state index is 0.123. The maximum Gasteiger partial charge on any atom is 0.240 e. The number of rotatable bonds is 6. The Bertz CT molecular complexity index is 287. The van der Waals surface area contributed by atoms with Crippen molar-refractivity contribution in [3.8, 4) is 6.07 Å². The predicted molar refractivity (Wildman–Crippen MR) is 77.2 cm³/mol. The van der Waals surface area contributed by atoms with Crippen LogP contribution in [0.5, 0.6) is 0 Å². The van der Waals surface area contributed by atoms with Gasteiger partial charge in [0.1, 0.15) is 6.42 Å². The van der Waals surface area contributed by atoms with E-state index in [0.717, 1.165) is 5.92 Å². The van der Waals surface area contributed by atoms with Crippen molar-refractivity contribution in [2.45, 2.75) is 66.7 Å². The van der Waals surface area contributed by atoms with Crippen LogP contribution in [0.3, 0.4) is 0 Å². The lowest BCUT2D eigenvalue weighted by molar-refractivity contribution is -0.132. The van der Waals surface area contributed by atoms with E-state index in [0.29, 0.717) is 12.8 Å². The van der Waals surface area contributed by atoms with Gasteiger partial charge in [-0.15, -0.1) is 0 Å². The zero-order valence-corrected chi connectivity index (χ0v) is 13.0. The van der Waals surface area contributed by atoms with Crippen molar-refractivity contribution in [3.63, 3.8) is 0 Å². The van der Waals surface area contributed by atoms with E-state index in [1.54, 1.807) is 6.07 Å². The lowest BCUT2D eigenvalue weighted by atomic mass is 10.0. The first-order chi connectivity index (χ1) is 8.96. The van der Waals surface area contributed by atoms with Crippen molar-refractivity contribution in [1.29, 1.82) is 5.26 Å². The van der Waals surface area contributed by atoms with Crippen LogP contribution in [0.15, 0.2) is 0 Å². The van der Waals surface area contributed by atoms with Crippen LogP contribution in [0.25, 0.3) is 0 Å². The average molecular weight is 268 g/mol. The molecule has 0 aromatic carbocycles. The van der Waals surface area contributed by atoms with Crippen molar-refractivity contribution in [2.24, 2.45) is 11.8 Å². The third-order valence-corrected chi connectivity index (χ3v) is 3.25.